The molecule has 0 aromatic heterocycles. The van der Waals surface area contributed by atoms with E-state index in [-0.39, 0.29) is 29.9 Å². The maximum absolute atomic E-state index is 13.8. The van der Waals surface area contributed by atoms with Crippen LogP contribution in [0.25, 0.3) is 0 Å². The maximum Gasteiger partial charge on any atom is 0.167 e. The van der Waals surface area contributed by atoms with Gasteiger partial charge in [0.05, 0.1) is 18.4 Å². The molecule has 0 radical (unpaired) electrons. The lowest BCUT2D eigenvalue weighted by Crippen LogP contribution is -2.07. The fraction of sp³-hybridized carbons (Fsp3) is 0.250. The molecule has 0 saturated heterocycles. The van der Waals surface area contributed by atoms with Gasteiger partial charge in [-0.2, -0.15) is 0 Å². The largest absolute Gasteiger partial charge is 0.488 e. The molecule has 2 aromatic carbocycles. The number of anilines is 1. The van der Waals surface area contributed by atoms with E-state index in [0.717, 1.165) is 6.07 Å². The summed E-state index contributed by atoms with van der Waals surface area (Å²) in [6.07, 6.45) is -0.166. The highest BCUT2D eigenvalue weighted by molar-refractivity contribution is 5.58. The van der Waals surface area contributed by atoms with Crippen molar-refractivity contribution < 1.29 is 19.0 Å². The number of rotatable bonds is 5. The van der Waals surface area contributed by atoms with Crippen molar-refractivity contribution in [2.75, 3.05) is 5.73 Å². The second-order valence-electron chi connectivity index (χ2n) is 4.85. The lowest BCUT2D eigenvalue weighted by Gasteiger charge is -2.15. The van der Waals surface area contributed by atoms with Crippen LogP contribution in [0.15, 0.2) is 36.4 Å². The van der Waals surface area contributed by atoms with Gasteiger partial charge in [-0.25, -0.2) is 4.39 Å². The van der Waals surface area contributed by atoms with Crippen LogP contribution >= 0.6 is 0 Å². The van der Waals surface area contributed by atoms with E-state index in [0.29, 0.717) is 11.3 Å². The molecule has 0 unspecified atom stereocenters. The molecule has 21 heavy (non-hydrogen) atoms. The monoisotopic (exact) mass is 291 g/mol. The average Bonchev–Trinajstić information content (AvgIpc) is 2.44. The molecule has 0 bridgehead atoms. The van der Waals surface area contributed by atoms with Crippen molar-refractivity contribution in [1.82, 2.24) is 0 Å². The quantitative estimate of drug-likeness (QED) is 0.828. The van der Waals surface area contributed by atoms with Crippen molar-refractivity contribution in [2.24, 2.45) is 0 Å². The summed E-state index contributed by atoms with van der Waals surface area (Å²) < 4.78 is 24.8. The third-order valence-electron chi connectivity index (χ3n) is 2.79. The van der Waals surface area contributed by atoms with Crippen molar-refractivity contribution in [2.45, 2.75) is 26.6 Å². The van der Waals surface area contributed by atoms with Crippen LogP contribution in [0.1, 0.15) is 19.4 Å². The molecule has 3 N–H and O–H groups in total. The van der Waals surface area contributed by atoms with E-state index in [9.17, 15) is 9.50 Å². The van der Waals surface area contributed by atoms with Gasteiger partial charge in [0.2, 0.25) is 0 Å². The number of hydrogen-bond acceptors (Lipinski definition) is 4. The lowest BCUT2D eigenvalue weighted by molar-refractivity contribution is 0.230. The average molecular weight is 291 g/mol. The first-order valence-corrected chi connectivity index (χ1v) is 6.63. The Morgan fingerprint density at radius 3 is 2.52 bits per heavy atom. The zero-order valence-electron chi connectivity index (χ0n) is 12.0. The van der Waals surface area contributed by atoms with Gasteiger partial charge in [0.15, 0.2) is 17.3 Å². The van der Waals surface area contributed by atoms with Crippen LogP contribution in [0.5, 0.6) is 17.2 Å². The Labute approximate surface area is 122 Å². The highest BCUT2D eigenvalue weighted by Crippen LogP contribution is 2.35. The Bertz CT molecular complexity index is 629. The summed E-state index contributed by atoms with van der Waals surface area (Å²) in [5.74, 6) is 0.293. The van der Waals surface area contributed by atoms with Crippen LogP contribution in [0, 0.1) is 5.82 Å². The van der Waals surface area contributed by atoms with Gasteiger partial charge in [0.25, 0.3) is 0 Å². The molecule has 0 aliphatic carbocycles. The summed E-state index contributed by atoms with van der Waals surface area (Å²) in [5, 5.41) is 9.29. The summed E-state index contributed by atoms with van der Waals surface area (Å²) in [6, 6.07) is 9.59. The first-order valence-electron chi connectivity index (χ1n) is 6.63. The summed E-state index contributed by atoms with van der Waals surface area (Å²) in [6.45, 7) is 3.45. The van der Waals surface area contributed by atoms with E-state index in [4.69, 9.17) is 15.2 Å². The Hall–Kier alpha value is -2.27. The first-order chi connectivity index (χ1) is 10.0. The van der Waals surface area contributed by atoms with Crippen LogP contribution < -0.4 is 15.2 Å². The van der Waals surface area contributed by atoms with Gasteiger partial charge in [-0.05, 0) is 19.9 Å². The van der Waals surface area contributed by atoms with E-state index < -0.39 is 5.82 Å². The van der Waals surface area contributed by atoms with Gasteiger partial charge >= 0.3 is 0 Å². The molecule has 0 amide bonds. The maximum atomic E-state index is 13.8. The van der Waals surface area contributed by atoms with E-state index in [1.54, 1.807) is 38.1 Å². The molecule has 112 valence electrons. The number of nitrogen functional groups attached to an aromatic ring is 1. The van der Waals surface area contributed by atoms with Crippen molar-refractivity contribution in [3.8, 4) is 17.2 Å². The van der Waals surface area contributed by atoms with Crippen LogP contribution in [-0.4, -0.2) is 11.2 Å². The molecule has 5 heteroatoms. The molecule has 0 fully saturated rings. The van der Waals surface area contributed by atoms with Crippen molar-refractivity contribution in [3.63, 3.8) is 0 Å². The van der Waals surface area contributed by atoms with Gasteiger partial charge in [0, 0.05) is 17.7 Å². The summed E-state index contributed by atoms with van der Waals surface area (Å²) in [4.78, 5) is 0. The summed E-state index contributed by atoms with van der Waals surface area (Å²) in [5.41, 5.74) is 6.56. The van der Waals surface area contributed by atoms with Gasteiger partial charge in [-0.15, -0.1) is 0 Å². The van der Waals surface area contributed by atoms with Crippen molar-refractivity contribution >= 4 is 5.69 Å². The minimum absolute atomic E-state index is 0.0793. The molecule has 0 atom stereocenters. The first kappa shape index (κ1) is 15.1. The highest BCUT2D eigenvalue weighted by Gasteiger charge is 2.13. The third kappa shape index (κ3) is 3.64. The minimum atomic E-state index is -0.538. The number of nitrogens with two attached hydrogens (primary N) is 1. The van der Waals surface area contributed by atoms with Gasteiger partial charge in [-0.1, -0.05) is 18.2 Å². The minimum Gasteiger partial charge on any atom is -0.488 e. The smallest absolute Gasteiger partial charge is 0.167 e. The topological polar surface area (TPSA) is 64.7 Å². The van der Waals surface area contributed by atoms with Crippen LogP contribution in [0.4, 0.5) is 10.1 Å². The molecule has 0 aliphatic rings. The predicted molar refractivity (Wildman–Crippen MR) is 79.0 cm³/mol. The molecule has 0 spiro atoms. The number of para-hydroxylation sites is 1. The second-order valence-corrected chi connectivity index (χ2v) is 4.85. The van der Waals surface area contributed by atoms with Crippen LogP contribution in [0.3, 0.4) is 0 Å². The number of hydrogen-bond donors (Lipinski definition) is 2. The summed E-state index contributed by atoms with van der Waals surface area (Å²) >= 11 is 0. The van der Waals surface area contributed by atoms with E-state index in [1.807, 2.05) is 0 Å². The Balaban J connectivity index is 2.35. The highest BCUT2D eigenvalue weighted by atomic mass is 19.1. The number of aliphatic hydroxyl groups excluding tert-OH is 1. The number of ether oxygens (including phenoxy) is 2. The standard InChI is InChI=1S/C16H18FNO3/c1-10(2)20-15-8-16(13(18)7-12(15)17)21-14-6-4-3-5-11(14)9-19/h3-8,10,19H,9,18H2,1-2H3. The predicted octanol–water partition coefficient (Wildman–Crippen LogP) is 3.48. The zero-order valence-corrected chi connectivity index (χ0v) is 12.0. The summed E-state index contributed by atoms with van der Waals surface area (Å²) in [7, 11) is 0. The molecule has 0 heterocycles. The Morgan fingerprint density at radius 1 is 1.14 bits per heavy atom. The molecular weight excluding hydrogens is 273 g/mol. The number of halogens is 1. The van der Waals surface area contributed by atoms with E-state index in [1.165, 1.54) is 6.07 Å². The molecule has 0 saturated carbocycles. The SMILES string of the molecule is CC(C)Oc1cc(Oc2ccccc2CO)c(N)cc1F. The third-order valence-corrected chi connectivity index (χ3v) is 2.79. The van der Waals surface area contributed by atoms with Crippen LogP contribution in [0.2, 0.25) is 0 Å². The van der Waals surface area contributed by atoms with Gasteiger partial charge in [-0.3, -0.25) is 0 Å². The number of benzene rings is 2. The second kappa shape index (κ2) is 6.45. The fourth-order valence-electron chi connectivity index (χ4n) is 1.84. The molecule has 4 nitrogen and oxygen atoms in total. The fourth-order valence-corrected chi connectivity index (χ4v) is 1.84. The zero-order chi connectivity index (χ0) is 15.4. The normalized spacial score (nSPS) is 10.7. The van der Waals surface area contributed by atoms with Crippen molar-refractivity contribution in [3.05, 3.63) is 47.8 Å². The van der Waals surface area contributed by atoms with Gasteiger partial charge < -0.3 is 20.3 Å². The van der Waals surface area contributed by atoms with Gasteiger partial charge in [0.1, 0.15) is 5.75 Å². The number of aliphatic hydroxyl groups is 1. The Morgan fingerprint density at radius 2 is 1.86 bits per heavy atom. The van der Waals surface area contributed by atoms with Crippen LogP contribution in [-0.2, 0) is 6.61 Å². The Kier molecular flexibility index (Phi) is 4.65. The van der Waals surface area contributed by atoms with Crippen molar-refractivity contribution in [1.29, 1.82) is 0 Å². The van der Waals surface area contributed by atoms with E-state index >= 15 is 0 Å². The lowest BCUT2D eigenvalue weighted by atomic mass is 10.2. The molecule has 2 rings (SSSR count). The molecule has 2 aromatic rings. The molecular formula is C16H18FNO3. The van der Waals surface area contributed by atoms with E-state index in [2.05, 4.69) is 0 Å². The molecule has 0 aliphatic heterocycles.